The van der Waals surface area contributed by atoms with Crippen LogP contribution in [0.5, 0.6) is 0 Å². The van der Waals surface area contributed by atoms with Crippen molar-refractivity contribution in [1.82, 2.24) is 9.80 Å². The van der Waals surface area contributed by atoms with Gasteiger partial charge >= 0.3 is 0 Å². The molecule has 0 atom stereocenters. The molecule has 1 fully saturated rings. The van der Waals surface area contributed by atoms with Gasteiger partial charge in [-0.05, 0) is 24.1 Å². The first-order valence-corrected chi connectivity index (χ1v) is 6.68. The van der Waals surface area contributed by atoms with Crippen molar-refractivity contribution in [3.05, 3.63) is 35.4 Å². The van der Waals surface area contributed by atoms with Crippen LogP contribution in [-0.2, 0) is 16.1 Å². The van der Waals surface area contributed by atoms with Gasteiger partial charge in [0.2, 0.25) is 11.8 Å². The molecular formula is C15H17N3O2. The Hall–Kier alpha value is -2.35. The molecule has 1 saturated heterocycles. The number of piperazine rings is 1. The van der Waals surface area contributed by atoms with Crippen LogP contribution in [-0.4, -0.2) is 41.2 Å². The van der Waals surface area contributed by atoms with Gasteiger partial charge in [-0.3, -0.25) is 9.59 Å². The second-order valence-corrected chi connectivity index (χ2v) is 4.87. The van der Waals surface area contributed by atoms with Gasteiger partial charge in [0, 0.05) is 13.1 Å². The van der Waals surface area contributed by atoms with E-state index in [2.05, 4.69) is 6.07 Å². The Morgan fingerprint density at radius 2 is 1.70 bits per heavy atom. The second-order valence-electron chi connectivity index (χ2n) is 4.87. The van der Waals surface area contributed by atoms with Crippen LogP contribution in [0.15, 0.2) is 24.3 Å². The van der Waals surface area contributed by atoms with Crippen molar-refractivity contribution >= 4 is 11.8 Å². The molecule has 0 spiro atoms. The summed E-state index contributed by atoms with van der Waals surface area (Å²) in [5.41, 5.74) is 1.51. The minimum atomic E-state index is -0.0255. The van der Waals surface area contributed by atoms with Crippen molar-refractivity contribution in [3.8, 4) is 6.07 Å². The zero-order valence-corrected chi connectivity index (χ0v) is 11.5. The van der Waals surface area contributed by atoms with Crippen LogP contribution in [0.3, 0.4) is 0 Å². The average Bonchev–Trinajstić information content (AvgIpc) is 2.45. The van der Waals surface area contributed by atoms with Crippen molar-refractivity contribution < 1.29 is 9.59 Å². The summed E-state index contributed by atoms with van der Waals surface area (Å²) in [5.74, 6) is -0.0255. The number of hydrogen-bond donors (Lipinski definition) is 0. The van der Waals surface area contributed by atoms with Crippen molar-refractivity contribution in [2.75, 3.05) is 19.6 Å². The molecule has 0 aromatic heterocycles. The Kier molecular flexibility index (Phi) is 4.36. The third-order valence-electron chi connectivity index (χ3n) is 3.31. The van der Waals surface area contributed by atoms with Crippen molar-refractivity contribution in [2.24, 2.45) is 0 Å². The highest BCUT2D eigenvalue weighted by Crippen LogP contribution is 2.11. The zero-order chi connectivity index (χ0) is 14.5. The topological polar surface area (TPSA) is 64.4 Å². The number of nitrogens with zero attached hydrogens (tertiary/aromatic N) is 3. The number of carbonyl (C=O) groups is 2. The molecule has 0 N–H and O–H groups in total. The SMILES string of the molecule is CCCN1CC(=O)N(Cc2ccc(C#N)cc2)CC1=O. The summed E-state index contributed by atoms with van der Waals surface area (Å²) in [7, 11) is 0. The molecule has 0 radical (unpaired) electrons. The van der Waals surface area contributed by atoms with Crippen molar-refractivity contribution in [1.29, 1.82) is 5.26 Å². The molecule has 1 aliphatic heterocycles. The summed E-state index contributed by atoms with van der Waals surface area (Å²) in [5, 5.41) is 8.74. The molecule has 1 aliphatic rings. The molecule has 1 aromatic rings. The number of nitriles is 1. The maximum absolute atomic E-state index is 12.0. The van der Waals surface area contributed by atoms with Gasteiger partial charge in [-0.25, -0.2) is 0 Å². The molecule has 1 heterocycles. The van der Waals surface area contributed by atoms with Crippen LogP contribution in [0.25, 0.3) is 0 Å². The molecule has 2 rings (SSSR count). The van der Waals surface area contributed by atoms with Gasteiger partial charge in [0.05, 0.1) is 18.2 Å². The minimum Gasteiger partial charge on any atom is -0.332 e. The number of carbonyl (C=O) groups excluding carboxylic acids is 2. The molecule has 2 amide bonds. The van der Waals surface area contributed by atoms with Crippen LogP contribution in [0, 0.1) is 11.3 Å². The average molecular weight is 271 g/mol. The summed E-state index contributed by atoms with van der Waals surface area (Å²) in [4.78, 5) is 27.1. The van der Waals surface area contributed by atoms with Crippen LogP contribution in [0.2, 0.25) is 0 Å². The smallest absolute Gasteiger partial charge is 0.242 e. The Morgan fingerprint density at radius 1 is 1.10 bits per heavy atom. The van der Waals surface area contributed by atoms with E-state index < -0.39 is 0 Å². The maximum Gasteiger partial charge on any atom is 0.242 e. The third-order valence-corrected chi connectivity index (χ3v) is 3.31. The first kappa shape index (κ1) is 14.1. The highest BCUT2D eigenvalue weighted by molar-refractivity contribution is 5.92. The van der Waals surface area contributed by atoms with E-state index in [9.17, 15) is 9.59 Å². The van der Waals surface area contributed by atoms with Gasteiger partial charge in [-0.2, -0.15) is 5.26 Å². The normalized spacial score (nSPS) is 15.4. The number of hydrogen-bond acceptors (Lipinski definition) is 3. The molecule has 1 aromatic carbocycles. The molecule has 0 unspecified atom stereocenters. The minimum absolute atomic E-state index is 0.0000880. The molecule has 104 valence electrons. The molecule has 0 saturated carbocycles. The first-order valence-electron chi connectivity index (χ1n) is 6.68. The molecular weight excluding hydrogens is 254 g/mol. The summed E-state index contributed by atoms with van der Waals surface area (Å²) in [6, 6.07) is 9.12. The second kappa shape index (κ2) is 6.20. The van der Waals surface area contributed by atoms with E-state index in [0.717, 1.165) is 12.0 Å². The van der Waals surface area contributed by atoms with Gasteiger partial charge in [-0.1, -0.05) is 19.1 Å². The molecule has 20 heavy (non-hydrogen) atoms. The fraction of sp³-hybridized carbons (Fsp3) is 0.400. The van der Waals surface area contributed by atoms with Crippen LogP contribution < -0.4 is 0 Å². The lowest BCUT2D eigenvalue weighted by molar-refractivity contribution is -0.150. The highest BCUT2D eigenvalue weighted by atomic mass is 16.2. The van der Waals surface area contributed by atoms with Gasteiger partial charge in [0.25, 0.3) is 0 Å². The summed E-state index contributed by atoms with van der Waals surface area (Å²) >= 11 is 0. The van der Waals surface area contributed by atoms with Gasteiger partial charge in [-0.15, -0.1) is 0 Å². The summed E-state index contributed by atoms with van der Waals surface area (Å²) in [6.07, 6.45) is 0.856. The monoisotopic (exact) mass is 271 g/mol. The van der Waals surface area contributed by atoms with Crippen LogP contribution in [0.1, 0.15) is 24.5 Å². The summed E-state index contributed by atoms with van der Waals surface area (Å²) < 4.78 is 0. The lowest BCUT2D eigenvalue weighted by Crippen LogP contribution is -2.53. The molecule has 5 nitrogen and oxygen atoms in total. The van der Waals surface area contributed by atoms with Gasteiger partial charge in [0.1, 0.15) is 6.54 Å². The lowest BCUT2D eigenvalue weighted by Gasteiger charge is -2.33. The number of benzene rings is 1. The molecule has 0 aliphatic carbocycles. The fourth-order valence-corrected chi connectivity index (χ4v) is 2.23. The maximum atomic E-state index is 12.0. The standard InChI is InChI=1S/C15H17N3O2/c1-2-7-17-10-15(20)18(11-14(17)19)9-13-5-3-12(8-16)4-6-13/h3-6H,2,7,9-11H2,1H3. The number of rotatable bonds is 4. The quantitative estimate of drug-likeness (QED) is 0.825. The Labute approximate surface area is 118 Å². The number of amides is 2. The highest BCUT2D eigenvalue weighted by Gasteiger charge is 2.29. The fourth-order valence-electron chi connectivity index (χ4n) is 2.23. The van der Waals surface area contributed by atoms with Crippen molar-refractivity contribution in [3.63, 3.8) is 0 Å². The zero-order valence-electron chi connectivity index (χ0n) is 11.5. The van der Waals surface area contributed by atoms with E-state index in [4.69, 9.17) is 5.26 Å². The Bertz CT molecular complexity index is 545. The van der Waals surface area contributed by atoms with E-state index in [1.165, 1.54) is 0 Å². The summed E-state index contributed by atoms with van der Waals surface area (Å²) in [6.45, 7) is 3.34. The van der Waals surface area contributed by atoms with Gasteiger partial charge in [0.15, 0.2) is 0 Å². The van der Waals surface area contributed by atoms with E-state index >= 15 is 0 Å². The van der Waals surface area contributed by atoms with Crippen LogP contribution >= 0.6 is 0 Å². The third kappa shape index (κ3) is 3.15. The van der Waals surface area contributed by atoms with Gasteiger partial charge < -0.3 is 9.80 Å². The first-order chi connectivity index (χ1) is 9.63. The molecule has 5 heteroatoms. The van der Waals surface area contributed by atoms with E-state index in [1.54, 1.807) is 21.9 Å². The lowest BCUT2D eigenvalue weighted by atomic mass is 10.1. The van der Waals surface area contributed by atoms with E-state index in [0.29, 0.717) is 18.7 Å². The predicted octanol–water partition coefficient (Wildman–Crippen LogP) is 1.14. The molecule has 0 bridgehead atoms. The van der Waals surface area contributed by atoms with Crippen molar-refractivity contribution in [2.45, 2.75) is 19.9 Å². The Morgan fingerprint density at radius 3 is 2.30 bits per heavy atom. The van der Waals surface area contributed by atoms with Crippen LogP contribution in [0.4, 0.5) is 0 Å². The van der Waals surface area contributed by atoms with E-state index in [1.807, 2.05) is 19.1 Å². The van der Waals surface area contributed by atoms with E-state index in [-0.39, 0.29) is 24.9 Å². The largest absolute Gasteiger partial charge is 0.332 e. The predicted molar refractivity (Wildman–Crippen MR) is 73.4 cm³/mol. The Balaban J connectivity index is 2.01.